The van der Waals surface area contributed by atoms with Crippen molar-refractivity contribution in [1.29, 1.82) is 0 Å². The van der Waals surface area contributed by atoms with E-state index in [0.717, 1.165) is 44.9 Å². The summed E-state index contributed by atoms with van der Waals surface area (Å²) >= 11 is 0. The first-order valence-corrected chi connectivity index (χ1v) is 10.7. The second-order valence-corrected chi connectivity index (χ2v) is 9.22. The SMILES string of the molecule is Cl.NC1(c2noc(-c3cccc(S(=O)(=O)N4CCCCCC4)c3)n2)CCC1. The summed E-state index contributed by atoms with van der Waals surface area (Å²) in [5.41, 5.74) is 6.34. The zero-order valence-electron chi connectivity index (χ0n) is 15.1. The molecule has 1 saturated heterocycles. The maximum Gasteiger partial charge on any atom is 0.258 e. The van der Waals surface area contributed by atoms with Crippen molar-refractivity contribution < 1.29 is 12.9 Å². The van der Waals surface area contributed by atoms with Gasteiger partial charge in [0.2, 0.25) is 10.0 Å². The number of hydrogen-bond acceptors (Lipinski definition) is 6. The molecule has 2 aliphatic rings. The Bertz CT molecular complexity index is 888. The van der Waals surface area contributed by atoms with Gasteiger partial charge in [0, 0.05) is 18.7 Å². The van der Waals surface area contributed by atoms with Crippen LogP contribution in [0.3, 0.4) is 0 Å². The van der Waals surface area contributed by atoms with E-state index in [-0.39, 0.29) is 17.3 Å². The third-order valence-electron chi connectivity index (χ3n) is 5.40. The highest BCUT2D eigenvalue weighted by Gasteiger charge is 2.39. The van der Waals surface area contributed by atoms with Gasteiger partial charge in [-0.25, -0.2) is 8.42 Å². The number of sulfonamides is 1. The highest BCUT2D eigenvalue weighted by Crippen LogP contribution is 2.37. The first-order chi connectivity index (χ1) is 12.5. The van der Waals surface area contributed by atoms with E-state index in [1.54, 1.807) is 28.6 Å². The molecule has 0 spiro atoms. The molecule has 1 aliphatic carbocycles. The largest absolute Gasteiger partial charge is 0.334 e. The van der Waals surface area contributed by atoms with Crippen LogP contribution in [0.5, 0.6) is 0 Å². The third-order valence-corrected chi connectivity index (χ3v) is 7.30. The first kappa shape index (κ1) is 20.3. The zero-order chi connectivity index (χ0) is 18.2. The summed E-state index contributed by atoms with van der Waals surface area (Å²) in [6.45, 7) is 1.15. The van der Waals surface area contributed by atoms with Crippen molar-refractivity contribution in [1.82, 2.24) is 14.4 Å². The number of hydrogen-bond donors (Lipinski definition) is 1. The van der Waals surface area contributed by atoms with Crippen LogP contribution in [0.4, 0.5) is 0 Å². The van der Waals surface area contributed by atoms with Gasteiger partial charge in [0.15, 0.2) is 5.82 Å². The fraction of sp³-hybridized carbons (Fsp3) is 0.556. The molecule has 2 N–H and O–H groups in total. The van der Waals surface area contributed by atoms with Crippen molar-refractivity contribution in [3.05, 3.63) is 30.1 Å². The molecule has 9 heteroatoms. The highest BCUT2D eigenvalue weighted by molar-refractivity contribution is 7.89. The predicted molar refractivity (Wildman–Crippen MR) is 104 cm³/mol. The van der Waals surface area contributed by atoms with Crippen molar-refractivity contribution in [2.75, 3.05) is 13.1 Å². The van der Waals surface area contributed by atoms with Crippen molar-refractivity contribution >= 4 is 22.4 Å². The normalized spacial score (nSPS) is 20.3. The lowest BCUT2D eigenvalue weighted by Gasteiger charge is -2.34. The molecule has 1 saturated carbocycles. The van der Waals surface area contributed by atoms with Gasteiger partial charge in [-0.05, 0) is 50.3 Å². The van der Waals surface area contributed by atoms with Crippen LogP contribution in [0.2, 0.25) is 0 Å². The van der Waals surface area contributed by atoms with Crippen LogP contribution in [-0.2, 0) is 15.6 Å². The summed E-state index contributed by atoms with van der Waals surface area (Å²) in [7, 11) is -3.51. The Balaban J connectivity index is 0.00000210. The van der Waals surface area contributed by atoms with Crippen molar-refractivity contribution in [3.8, 4) is 11.5 Å². The van der Waals surface area contributed by atoms with Crippen LogP contribution in [0, 0.1) is 0 Å². The van der Waals surface area contributed by atoms with E-state index in [4.69, 9.17) is 10.3 Å². The molecule has 4 rings (SSSR count). The Labute approximate surface area is 165 Å². The van der Waals surface area contributed by atoms with E-state index >= 15 is 0 Å². The fourth-order valence-corrected chi connectivity index (χ4v) is 5.11. The number of aromatic nitrogens is 2. The number of rotatable bonds is 4. The van der Waals surface area contributed by atoms with Gasteiger partial charge in [0.05, 0.1) is 10.4 Å². The molecule has 1 aliphatic heterocycles. The smallest absolute Gasteiger partial charge is 0.258 e. The molecule has 2 heterocycles. The molecule has 2 aromatic rings. The minimum atomic E-state index is -3.51. The fourth-order valence-electron chi connectivity index (χ4n) is 3.54. The second-order valence-electron chi connectivity index (χ2n) is 7.28. The molecule has 0 bridgehead atoms. The lowest BCUT2D eigenvalue weighted by molar-refractivity contribution is 0.229. The van der Waals surface area contributed by atoms with Crippen molar-refractivity contribution in [2.24, 2.45) is 5.73 Å². The van der Waals surface area contributed by atoms with Crippen LogP contribution in [0.1, 0.15) is 50.8 Å². The van der Waals surface area contributed by atoms with Gasteiger partial charge in [0.25, 0.3) is 5.89 Å². The molecular weight excluding hydrogens is 388 g/mol. The predicted octanol–water partition coefficient (Wildman–Crippen LogP) is 3.06. The van der Waals surface area contributed by atoms with Crippen LogP contribution in [0.15, 0.2) is 33.7 Å². The number of halogens is 1. The van der Waals surface area contributed by atoms with Gasteiger partial charge in [-0.2, -0.15) is 9.29 Å². The molecule has 1 aromatic carbocycles. The average Bonchev–Trinajstić information content (AvgIpc) is 2.95. The van der Waals surface area contributed by atoms with Crippen LogP contribution < -0.4 is 5.73 Å². The minimum Gasteiger partial charge on any atom is -0.334 e. The zero-order valence-corrected chi connectivity index (χ0v) is 16.8. The summed E-state index contributed by atoms with van der Waals surface area (Å²) in [6, 6.07) is 6.73. The van der Waals surface area contributed by atoms with E-state index in [0.29, 0.717) is 30.4 Å². The van der Waals surface area contributed by atoms with Gasteiger partial charge in [0.1, 0.15) is 0 Å². The maximum absolute atomic E-state index is 13.0. The molecule has 0 amide bonds. The highest BCUT2D eigenvalue weighted by atomic mass is 35.5. The average molecular weight is 413 g/mol. The van der Waals surface area contributed by atoms with Crippen LogP contribution >= 0.6 is 12.4 Å². The lowest BCUT2D eigenvalue weighted by Crippen LogP contribution is -2.44. The Kier molecular flexibility index (Phi) is 5.90. The Morgan fingerprint density at radius 2 is 1.78 bits per heavy atom. The Morgan fingerprint density at radius 3 is 2.41 bits per heavy atom. The standard InChI is InChI=1S/C18H24N4O3S.ClH/c19-18(9-6-10-18)17-20-16(25-21-17)14-7-5-8-15(13-14)26(23,24)22-11-3-1-2-4-12-22;/h5,7-8,13H,1-4,6,9-12,19H2;1H. The van der Waals surface area contributed by atoms with Crippen molar-refractivity contribution in [2.45, 2.75) is 55.4 Å². The Morgan fingerprint density at radius 1 is 1.07 bits per heavy atom. The molecule has 7 nitrogen and oxygen atoms in total. The molecule has 1 aromatic heterocycles. The van der Waals surface area contributed by atoms with E-state index in [9.17, 15) is 8.42 Å². The molecule has 0 atom stereocenters. The number of nitrogens with two attached hydrogens (primary N) is 1. The molecular formula is C18H25ClN4O3S. The van der Waals surface area contributed by atoms with E-state index < -0.39 is 15.6 Å². The second kappa shape index (κ2) is 7.87. The van der Waals surface area contributed by atoms with Gasteiger partial charge in [-0.1, -0.05) is 24.1 Å². The monoisotopic (exact) mass is 412 g/mol. The van der Waals surface area contributed by atoms with E-state index in [1.165, 1.54) is 0 Å². The summed E-state index contributed by atoms with van der Waals surface area (Å²) < 4.78 is 32.9. The summed E-state index contributed by atoms with van der Waals surface area (Å²) in [4.78, 5) is 4.68. The quantitative estimate of drug-likeness (QED) is 0.827. The number of benzene rings is 1. The Hall–Kier alpha value is -1.48. The molecule has 0 unspecified atom stereocenters. The maximum atomic E-state index is 13.0. The van der Waals surface area contributed by atoms with Crippen LogP contribution in [-0.4, -0.2) is 36.0 Å². The topological polar surface area (TPSA) is 102 Å². The summed E-state index contributed by atoms with van der Waals surface area (Å²) in [5.74, 6) is 0.809. The molecule has 27 heavy (non-hydrogen) atoms. The minimum absolute atomic E-state index is 0. The van der Waals surface area contributed by atoms with E-state index in [2.05, 4.69) is 10.1 Å². The lowest BCUT2D eigenvalue weighted by atomic mass is 9.77. The van der Waals surface area contributed by atoms with Crippen molar-refractivity contribution in [3.63, 3.8) is 0 Å². The van der Waals surface area contributed by atoms with Gasteiger partial charge in [-0.3, -0.25) is 0 Å². The summed E-state index contributed by atoms with van der Waals surface area (Å²) in [5, 5.41) is 4.01. The summed E-state index contributed by atoms with van der Waals surface area (Å²) in [6.07, 6.45) is 6.72. The molecule has 0 radical (unpaired) electrons. The van der Waals surface area contributed by atoms with E-state index in [1.807, 2.05) is 0 Å². The molecule has 148 valence electrons. The van der Waals surface area contributed by atoms with Crippen LogP contribution in [0.25, 0.3) is 11.5 Å². The number of nitrogens with zero attached hydrogens (tertiary/aromatic N) is 3. The first-order valence-electron chi connectivity index (χ1n) is 9.23. The van der Waals surface area contributed by atoms with Gasteiger partial charge < -0.3 is 10.3 Å². The molecule has 2 fully saturated rings. The van der Waals surface area contributed by atoms with Gasteiger partial charge >= 0.3 is 0 Å². The third kappa shape index (κ3) is 3.89. The van der Waals surface area contributed by atoms with Gasteiger partial charge in [-0.15, -0.1) is 12.4 Å².